The Morgan fingerprint density at radius 2 is 1.57 bits per heavy atom. The van der Waals surface area contributed by atoms with Crippen molar-refractivity contribution in [3.05, 3.63) is 83.9 Å². The third-order valence-electron chi connectivity index (χ3n) is 3.46. The number of Topliss-reactive ketones (excluding diaryl/α,β-unsaturated/α-hetero) is 1. The van der Waals surface area contributed by atoms with Gasteiger partial charge in [-0.25, -0.2) is 0 Å². The molecule has 0 fully saturated rings. The van der Waals surface area contributed by atoms with E-state index in [1.165, 1.54) is 0 Å². The second kappa shape index (κ2) is 6.48. The molecule has 1 atom stereocenters. The number of hydrogen-bond donors (Lipinski definition) is 2. The summed E-state index contributed by atoms with van der Waals surface area (Å²) in [7, 11) is 0. The van der Waals surface area contributed by atoms with Gasteiger partial charge in [-0.1, -0.05) is 72.8 Å². The van der Waals surface area contributed by atoms with Crippen LogP contribution in [-0.2, 0) is 5.60 Å². The van der Waals surface area contributed by atoms with E-state index in [0.717, 1.165) is 0 Å². The Labute approximate surface area is 124 Å². The van der Waals surface area contributed by atoms with Gasteiger partial charge in [-0.15, -0.1) is 0 Å². The third kappa shape index (κ3) is 3.27. The van der Waals surface area contributed by atoms with Gasteiger partial charge in [-0.2, -0.15) is 0 Å². The molecule has 0 aliphatic heterocycles. The van der Waals surface area contributed by atoms with Gasteiger partial charge in [0.05, 0.1) is 0 Å². The zero-order chi connectivity index (χ0) is 15.3. The van der Waals surface area contributed by atoms with Crippen LogP contribution < -0.4 is 5.73 Å². The molecule has 0 amide bonds. The molecule has 108 valence electrons. The summed E-state index contributed by atoms with van der Waals surface area (Å²) in [6.45, 7) is 4.06. The van der Waals surface area contributed by atoms with Gasteiger partial charge in [0.15, 0.2) is 11.4 Å². The lowest BCUT2D eigenvalue weighted by Crippen LogP contribution is -2.37. The fourth-order valence-electron chi connectivity index (χ4n) is 2.29. The van der Waals surface area contributed by atoms with Crippen molar-refractivity contribution in [1.29, 1.82) is 0 Å². The summed E-state index contributed by atoms with van der Waals surface area (Å²) in [4.78, 5) is 12.8. The number of aliphatic hydroxyl groups is 1. The fourth-order valence-corrected chi connectivity index (χ4v) is 2.29. The number of carbonyl (C=O) groups is 1. The molecule has 2 rings (SSSR count). The number of carbonyl (C=O) groups excluding carboxylic acids is 1. The lowest BCUT2D eigenvalue weighted by molar-refractivity contribution is 0.0298. The van der Waals surface area contributed by atoms with E-state index < -0.39 is 5.60 Å². The van der Waals surface area contributed by atoms with Crippen molar-refractivity contribution < 1.29 is 9.90 Å². The second-order valence-electron chi connectivity index (χ2n) is 5.05. The molecule has 2 aromatic carbocycles. The molecule has 0 saturated heterocycles. The average Bonchev–Trinajstić information content (AvgIpc) is 2.55. The molecule has 3 N–H and O–H groups in total. The molecular weight excluding hydrogens is 262 g/mol. The molecule has 1 unspecified atom stereocenters. The van der Waals surface area contributed by atoms with Crippen LogP contribution in [0.2, 0.25) is 0 Å². The van der Waals surface area contributed by atoms with Gasteiger partial charge in [0.25, 0.3) is 0 Å². The molecule has 0 bridgehead atoms. The van der Waals surface area contributed by atoms with Crippen molar-refractivity contribution >= 4 is 5.78 Å². The maximum absolute atomic E-state index is 12.8. The Kier molecular flexibility index (Phi) is 4.68. The van der Waals surface area contributed by atoms with Crippen LogP contribution in [0.4, 0.5) is 0 Å². The van der Waals surface area contributed by atoms with E-state index in [0.29, 0.717) is 16.7 Å². The molecular formula is C18H19NO2. The van der Waals surface area contributed by atoms with Crippen molar-refractivity contribution in [2.75, 3.05) is 6.54 Å². The lowest BCUT2D eigenvalue weighted by Gasteiger charge is -2.28. The van der Waals surface area contributed by atoms with Gasteiger partial charge in [-0.3, -0.25) is 4.79 Å². The fraction of sp³-hybridized carbons (Fsp3) is 0.167. The van der Waals surface area contributed by atoms with Crippen molar-refractivity contribution in [2.24, 2.45) is 5.73 Å². The van der Waals surface area contributed by atoms with Gasteiger partial charge in [0.2, 0.25) is 0 Å². The Balaban J connectivity index is 2.46. The minimum absolute atomic E-state index is 0.112. The maximum Gasteiger partial charge on any atom is 0.199 e. The normalized spacial score (nSPS) is 13.4. The highest BCUT2D eigenvalue weighted by Gasteiger charge is 2.38. The molecule has 21 heavy (non-hydrogen) atoms. The number of ketones is 1. The van der Waals surface area contributed by atoms with Crippen LogP contribution in [0, 0.1) is 0 Å². The van der Waals surface area contributed by atoms with Gasteiger partial charge in [0, 0.05) is 18.5 Å². The first-order valence-corrected chi connectivity index (χ1v) is 6.82. The first-order chi connectivity index (χ1) is 10.1. The minimum Gasteiger partial charge on any atom is -0.377 e. The maximum atomic E-state index is 12.8. The van der Waals surface area contributed by atoms with Crippen LogP contribution in [0.15, 0.2) is 72.8 Å². The van der Waals surface area contributed by atoms with Crippen LogP contribution in [0.1, 0.15) is 22.3 Å². The molecule has 0 radical (unpaired) electrons. The minimum atomic E-state index is -1.64. The van der Waals surface area contributed by atoms with E-state index >= 15 is 0 Å². The first kappa shape index (κ1) is 15.2. The van der Waals surface area contributed by atoms with E-state index in [4.69, 9.17) is 5.73 Å². The summed E-state index contributed by atoms with van der Waals surface area (Å²) >= 11 is 0. The van der Waals surface area contributed by atoms with E-state index in [1.54, 1.807) is 48.5 Å². The Hall–Kier alpha value is -2.23. The smallest absolute Gasteiger partial charge is 0.199 e. The number of hydrogen-bond acceptors (Lipinski definition) is 3. The standard InChI is InChI=1S/C18H19NO2/c1-14(13-19)12-18(21,16-10-6-3-7-11-16)17(20)15-8-4-2-5-9-15/h2-11,21H,1,12-13,19H2. The summed E-state index contributed by atoms with van der Waals surface area (Å²) < 4.78 is 0. The summed E-state index contributed by atoms with van der Waals surface area (Å²) in [5.74, 6) is -0.344. The second-order valence-corrected chi connectivity index (χ2v) is 5.05. The highest BCUT2D eigenvalue weighted by molar-refractivity contribution is 6.03. The monoisotopic (exact) mass is 281 g/mol. The van der Waals surface area contributed by atoms with E-state index in [1.807, 2.05) is 12.1 Å². The zero-order valence-corrected chi connectivity index (χ0v) is 11.8. The van der Waals surface area contributed by atoms with Crippen LogP contribution >= 0.6 is 0 Å². The SMILES string of the molecule is C=C(CN)CC(O)(C(=O)c1ccccc1)c1ccccc1. The molecule has 0 heterocycles. The van der Waals surface area contributed by atoms with E-state index in [-0.39, 0.29) is 18.7 Å². The largest absolute Gasteiger partial charge is 0.377 e. The molecule has 0 saturated carbocycles. The van der Waals surface area contributed by atoms with Gasteiger partial charge in [-0.05, 0) is 5.56 Å². The van der Waals surface area contributed by atoms with Crippen LogP contribution in [-0.4, -0.2) is 17.4 Å². The molecule has 0 aliphatic rings. The van der Waals surface area contributed by atoms with Gasteiger partial charge in [0.1, 0.15) is 0 Å². The molecule has 0 aromatic heterocycles. The highest BCUT2D eigenvalue weighted by atomic mass is 16.3. The third-order valence-corrected chi connectivity index (χ3v) is 3.46. The quantitative estimate of drug-likeness (QED) is 0.632. The van der Waals surface area contributed by atoms with Crippen LogP contribution in [0.3, 0.4) is 0 Å². The van der Waals surface area contributed by atoms with Gasteiger partial charge < -0.3 is 10.8 Å². The Morgan fingerprint density at radius 3 is 2.10 bits per heavy atom. The molecule has 0 aliphatic carbocycles. The molecule has 2 aromatic rings. The summed E-state index contributed by atoms with van der Waals surface area (Å²) in [5.41, 5.74) is 5.58. The number of benzene rings is 2. The predicted octanol–water partition coefficient (Wildman–Crippen LogP) is 2.66. The van der Waals surface area contributed by atoms with Crippen molar-refractivity contribution in [2.45, 2.75) is 12.0 Å². The lowest BCUT2D eigenvalue weighted by atomic mass is 9.81. The molecule has 0 spiro atoms. The Morgan fingerprint density at radius 1 is 1.05 bits per heavy atom. The number of nitrogens with two attached hydrogens (primary N) is 1. The average molecular weight is 281 g/mol. The Bertz CT molecular complexity index is 622. The summed E-state index contributed by atoms with van der Waals surface area (Å²) in [6, 6.07) is 17.7. The van der Waals surface area contributed by atoms with Crippen molar-refractivity contribution in [1.82, 2.24) is 0 Å². The molecule has 3 nitrogen and oxygen atoms in total. The van der Waals surface area contributed by atoms with Crippen LogP contribution in [0.5, 0.6) is 0 Å². The summed E-state index contributed by atoms with van der Waals surface area (Å²) in [6.07, 6.45) is 0.112. The predicted molar refractivity (Wildman–Crippen MR) is 83.9 cm³/mol. The first-order valence-electron chi connectivity index (χ1n) is 6.82. The van der Waals surface area contributed by atoms with Crippen LogP contribution in [0.25, 0.3) is 0 Å². The van der Waals surface area contributed by atoms with E-state index in [2.05, 4.69) is 6.58 Å². The number of rotatable bonds is 6. The zero-order valence-electron chi connectivity index (χ0n) is 11.8. The molecule has 3 heteroatoms. The highest BCUT2D eigenvalue weighted by Crippen LogP contribution is 2.31. The van der Waals surface area contributed by atoms with Crippen molar-refractivity contribution in [3.8, 4) is 0 Å². The van der Waals surface area contributed by atoms with Gasteiger partial charge >= 0.3 is 0 Å². The van der Waals surface area contributed by atoms with Crippen molar-refractivity contribution in [3.63, 3.8) is 0 Å². The topological polar surface area (TPSA) is 63.3 Å². The summed E-state index contributed by atoms with van der Waals surface area (Å²) in [5, 5.41) is 11.0. The van der Waals surface area contributed by atoms with E-state index in [9.17, 15) is 9.90 Å².